The van der Waals surface area contributed by atoms with Crippen LogP contribution in [0.2, 0.25) is 0 Å². The van der Waals surface area contributed by atoms with Crippen LogP contribution < -0.4 is 10.6 Å². The Kier molecular flexibility index (Phi) is 5.74. The lowest BCUT2D eigenvalue weighted by atomic mass is 10.0. The van der Waals surface area contributed by atoms with E-state index in [1.807, 2.05) is 38.2 Å². The summed E-state index contributed by atoms with van der Waals surface area (Å²) in [5.74, 6) is 0.400. The van der Waals surface area contributed by atoms with E-state index >= 15 is 0 Å². The van der Waals surface area contributed by atoms with Crippen molar-refractivity contribution in [3.63, 3.8) is 0 Å². The summed E-state index contributed by atoms with van der Waals surface area (Å²) in [4.78, 5) is 38.1. The maximum atomic E-state index is 12.7. The molecule has 2 aromatic heterocycles. The van der Waals surface area contributed by atoms with Crippen molar-refractivity contribution in [1.29, 1.82) is 0 Å². The molecule has 3 aromatic rings. The van der Waals surface area contributed by atoms with Gasteiger partial charge in [0.1, 0.15) is 11.5 Å². The first-order chi connectivity index (χ1) is 14.5. The Hall–Kier alpha value is -3.29. The summed E-state index contributed by atoms with van der Waals surface area (Å²) < 4.78 is 2.06. The highest BCUT2D eigenvalue weighted by atomic mass is 16.2. The summed E-state index contributed by atoms with van der Waals surface area (Å²) >= 11 is 0. The van der Waals surface area contributed by atoms with Crippen LogP contribution in [0.5, 0.6) is 0 Å². The van der Waals surface area contributed by atoms with Gasteiger partial charge in [0.25, 0.3) is 5.91 Å². The molecule has 0 aliphatic heterocycles. The lowest BCUT2D eigenvalue weighted by Crippen LogP contribution is -2.44. The van der Waals surface area contributed by atoms with Crippen molar-refractivity contribution < 1.29 is 9.59 Å². The van der Waals surface area contributed by atoms with Crippen molar-refractivity contribution in [1.82, 2.24) is 30.2 Å². The van der Waals surface area contributed by atoms with Gasteiger partial charge in [-0.2, -0.15) is 0 Å². The summed E-state index contributed by atoms with van der Waals surface area (Å²) in [5.41, 5.74) is 3.06. The Morgan fingerprint density at radius 3 is 2.77 bits per heavy atom. The van der Waals surface area contributed by atoms with Gasteiger partial charge in [-0.3, -0.25) is 14.6 Å². The normalized spacial score (nSPS) is 18.5. The first-order valence-electron chi connectivity index (χ1n) is 10.3. The SMILES string of the molecule is Cc1cnc(C(=O)N[C@@H]2CCC[C@@H]2C(=O)NCCc2nc3ccccc3n2C)cn1. The Bertz CT molecular complexity index is 1060. The van der Waals surface area contributed by atoms with Crippen molar-refractivity contribution in [2.24, 2.45) is 13.0 Å². The number of nitrogens with zero attached hydrogens (tertiary/aromatic N) is 4. The van der Waals surface area contributed by atoms with Gasteiger partial charge in [0, 0.05) is 32.3 Å². The molecule has 1 aromatic carbocycles. The fourth-order valence-corrected chi connectivity index (χ4v) is 4.05. The fraction of sp³-hybridized carbons (Fsp3) is 0.409. The molecule has 1 fully saturated rings. The van der Waals surface area contributed by atoms with Gasteiger partial charge in [-0.05, 0) is 31.9 Å². The molecule has 30 heavy (non-hydrogen) atoms. The number of hydrogen-bond acceptors (Lipinski definition) is 5. The number of rotatable bonds is 6. The van der Waals surface area contributed by atoms with Crippen LogP contribution in [-0.2, 0) is 18.3 Å². The molecule has 2 amide bonds. The number of carbonyl (C=O) groups is 2. The zero-order valence-electron chi connectivity index (χ0n) is 17.3. The van der Waals surface area contributed by atoms with E-state index in [2.05, 4.69) is 30.2 Å². The summed E-state index contributed by atoms with van der Waals surface area (Å²) in [6.07, 6.45) is 6.14. The Labute approximate surface area is 175 Å². The average Bonchev–Trinajstić information content (AvgIpc) is 3.33. The minimum atomic E-state index is -0.285. The number of benzene rings is 1. The second-order valence-electron chi connectivity index (χ2n) is 7.78. The second kappa shape index (κ2) is 8.61. The number of aromatic nitrogens is 4. The zero-order valence-corrected chi connectivity index (χ0v) is 17.3. The molecule has 156 valence electrons. The van der Waals surface area contributed by atoms with E-state index in [1.165, 1.54) is 6.20 Å². The third-order valence-electron chi connectivity index (χ3n) is 5.71. The molecule has 8 heteroatoms. The molecule has 0 spiro atoms. The molecule has 2 heterocycles. The number of hydrogen-bond donors (Lipinski definition) is 2. The Morgan fingerprint density at radius 1 is 1.17 bits per heavy atom. The van der Waals surface area contributed by atoms with Gasteiger partial charge in [0.2, 0.25) is 5.91 Å². The van der Waals surface area contributed by atoms with Crippen molar-refractivity contribution in [2.75, 3.05) is 6.54 Å². The number of imidazole rings is 1. The topological polar surface area (TPSA) is 102 Å². The highest BCUT2D eigenvalue weighted by Crippen LogP contribution is 2.26. The minimum absolute atomic E-state index is 0.0217. The minimum Gasteiger partial charge on any atom is -0.355 e. The summed E-state index contributed by atoms with van der Waals surface area (Å²) in [6.45, 7) is 2.33. The van der Waals surface area contributed by atoms with Crippen LogP contribution in [0.25, 0.3) is 11.0 Å². The quantitative estimate of drug-likeness (QED) is 0.651. The molecule has 2 N–H and O–H groups in total. The third-order valence-corrected chi connectivity index (χ3v) is 5.71. The van der Waals surface area contributed by atoms with Crippen LogP contribution in [0.15, 0.2) is 36.7 Å². The van der Waals surface area contributed by atoms with Crippen LogP contribution in [0, 0.1) is 12.8 Å². The van der Waals surface area contributed by atoms with Crippen molar-refractivity contribution in [3.8, 4) is 0 Å². The van der Waals surface area contributed by atoms with Crippen LogP contribution in [0.1, 0.15) is 41.3 Å². The lowest BCUT2D eigenvalue weighted by Gasteiger charge is -2.20. The first kappa shape index (κ1) is 20.0. The molecule has 0 saturated heterocycles. The Balaban J connectivity index is 1.32. The summed E-state index contributed by atoms with van der Waals surface area (Å²) in [5, 5.41) is 5.99. The van der Waals surface area contributed by atoms with E-state index < -0.39 is 0 Å². The highest BCUT2D eigenvalue weighted by molar-refractivity contribution is 5.92. The van der Waals surface area contributed by atoms with Crippen LogP contribution >= 0.6 is 0 Å². The molecule has 1 aliphatic carbocycles. The molecule has 1 aliphatic rings. The smallest absolute Gasteiger partial charge is 0.271 e. The first-order valence-corrected chi connectivity index (χ1v) is 10.3. The van der Waals surface area contributed by atoms with Crippen molar-refractivity contribution >= 4 is 22.8 Å². The lowest BCUT2D eigenvalue weighted by molar-refractivity contribution is -0.125. The highest BCUT2D eigenvalue weighted by Gasteiger charge is 2.34. The van der Waals surface area contributed by atoms with Gasteiger partial charge in [0.05, 0.1) is 28.8 Å². The van der Waals surface area contributed by atoms with Gasteiger partial charge in [0.15, 0.2) is 0 Å². The van der Waals surface area contributed by atoms with E-state index in [0.717, 1.165) is 41.8 Å². The monoisotopic (exact) mass is 406 g/mol. The van der Waals surface area contributed by atoms with E-state index in [9.17, 15) is 9.59 Å². The molecule has 0 bridgehead atoms. The zero-order chi connectivity index (χ0) is 21.1. The van der Waals surface area contributed by atoms with E-state index in [1.54, 1.807) is 6.20 Å². The van der Waals surface area contributed by atoms with Crippen LogP contribution in [0.4, 0.5) is 0 Å². The van der Waals surface area contributed by atoms with Crippen LogP contribution in [0.3, 0.4) is 0 Å². The number of nitrogens with one attached hydrogen (secondary N) is 2. The summed E-state index contributed by atoms with van der Waals surface area (Å²) in [6, 6.07) is 7.80. The summed E-state index contributed by atoms with van der Waals surface area (Å²) in [7, 11) is 1.99. The maximum absolute atomic E-state index is 12.7. The number of aryl methyl sites for hydroxylation is 2. The predicted molar refractivity (Wildman–Crippen MR) is 113 cm³/mol. The van der Waals surface area contributed by atoms with E-state index in [0.29, 0.717) is 13.0 Å². The molecular formula is C22H26N6O2. The Morgan fingerprint density at radius 2 is 2.00 bits per heavy atom. The number of carbonyl (C=O) groups excluding carboxylic acids is 2. The largest absolute Gasteiger partial charge is 0.355 e. The van der Waals surface area contributed by atoms with E-state index in [4.69, 9.17) is 0 Å². The molecule has 4 rings (SSSR count). The van der Waals surface area contributed by atoms with E-state index in [-0.39, 0.29) is 29.5 Å². The predicted octanol–water partition coefficient (Wildman–Crippen LogP) is 1.93. The number of fused-ring (bicyclic) bond motifs is 1. The third kappa shape index (κ3) is 4.17. The van der Waals surface area contributed by atoms with Crippen molar-refractivity contribution in [2.45, 2.75) is 38.6 Å². The molecule has 2 atom stereocenters. The standard InChI is InChI=1S/C22H26N6O2/c1-14-12-25-18(13-24-14)22(30)27-16-8-5-6-15(16)21(29)23-11-10-20-26-17-7-3-4-9-19(17)28(20)2/h3-4,7,9,12-13,15-16H,5-6,8,10-11H2,1-2H3,(H,23,29)(H,27,30)/t15-,16+/m0/s1. The van der Waals surface area contributed by atoms with Gasteiger partial charge < -0.3 is 15.2 Å². The second-order valence-corrected chi connectivity index (χ2v) is 7.78. The molecule has 0 radical (unpaired) electrons. The maximum Gasteiger partial charge on any atom is 0.271 e. The van der Waals surface area contributed by atoms with Crippen LogP contribution in [-0.4, -0.2) is 43.9 Å². The van der Waals surface area contributed by atoms with Crippen molar-refractivity contribution in [3.05, 3.63) is 53.9 Å². The average molecular weight is 406 g/mol. The molecule has 0 unspecified atom stereocenters. The molecule has 1 saturated carbocycles. The van der Waals surface area contributed by atoms with Gasteiger partial charge in [-0.15, -0.1) is 0 Å². The van der Waals surface area contributed by atoms with Gasteiger partial charge in [-0.25, -0.2) is 9.97 Å². The van der Waals surface area contributed by atoms with Gasteiger partial charge in [-0.1, -0.05) is 18.6 Å². The number of amides is 2. The molecular weight excluding hydrogens is 380 g/mol. The van der Waals surface area contributed by atoms with Gasteiger partial charge >= 0.3 is 0 Å². The fourth-order valence-electron chi connectivity index (χ4n) is 4.05. The number of para-hydroxylation sites is 2. The molecule has 8 nitrogen and oxygen atoms in total.